The first-order valence-corrected chi connectivity index (χ1v) is 8.75. The van der Waals surface area contributed by atoms with Crippen LogP contribution in [0.15, 0.2) is 60.7 Å². The number of fused-ring (bicyclic) bond motifs is 1. The van der Waals surface area contributed by atoms with Crippen LogP contribution in [-0.2, 0) is 6.54 Å². The zero-order chi connectivity index (χ0) is 17.2. The molecule has 0 bridgehead atoms. The smallest absolute Gasteiger partial charge is 0.146 e. The summed E-state index contributed by atoms with van der Waals surface area (Å²) in [7, 11) is 0. The average Bonchev–Trinajstić information content (AvgIpc) is 2.65. The van der Waals surface area contributed by atoms with Crippen molar-refractivity contribution in [3.63, 3.8) is 0 Å². The van der Waals surface area contributed by atoms with Crippen LogP contribution in [0.2, 0.25) is 0 Å². The van der Waals surface area contributed by atoms with Crippen molar-refractivity contribution in [1.29, 1.82) is 0 Å². The van der Waals surface area contributed by atoms with E-state index in [1.54, 1.807) is 12.1 Å². The van der Waals surface area contributed by atoms with E-state index < -0.39 is 0 Å². The second-order valence-electron chi connectivity index (χ2n) is 6.65. The van der Waals surface area contributed by atoms with E-state index in [2.05, 4.69) is 17.0 Å². The number of benzene rings is 3. The molecule has 2 N–H and O–H groups in total. The summed E-state index contributed by atoms with van der Waals surface area (Å²) in [6, 6.07) is 18.9. The van der Waals surface area contributed by atoms with Gasteiger partial charge in [0.2, 0.25) is 0 Å². The number of phenolic OH excluding ortho intramolecular Hbond substituents is 1. The van der Waals surface area contributed by atoms with Crippen molar-refractivity contribution in [2.24, 2.45) is 0 Å². The van der Waals surface area contributed by atoms with Crippen LogP contribution in [0.25, 0.3) is 10.8 Å². The van der Waals surface area contributed by atoms with Crippen LogP contribution in [0.1, 0.15) is 5.56 Å². The average molecular weight is 337 g/mol. The molecule has 1 fully saturated rings. The molecule has 0 unspecified atom stereocenters. The molecule has 1 saturated heterocycles. The highest BCUT2D eigenvalue weighted by atomic mass is 19.1. The molecule has 0 amide bonds. The maximum absolute atomic E-state index is 14.0. The van der Waals surface area contributed by atoms with Gasteiger partial charge in [0.1, 0.15) is 18.1 Å². The monoisotopic (exact) mass is 337 g/mol. The number of nitrogens with zero attached hydrogens (tertiary/aromatic N) is 1. The third-order valence-corrected chi connectivity index (χ3v) is 5.11. The second kappa shape index (κ2) is 6.73. The Morgan fingerprint density at radius 2 is 1.64 bits per heavy atom. The molecule has 3 aromatic carbocycles. The zero-order valence-electron chi connectivity index (χ0n) is 14.1. The normalized spacial score (nSPS) is 15.6. The lowest BCUT2D eigenvalue weighted by Gasteiger charge is -2.34. The number of quaternary nitrogens is 1. The summed E-state index contributed by atoms with van der Waals surface area (Å²) in [5, 5.41) is 12.6. The Hall–Kier alpha value is -2.59. The molecule has 1 aliphatic rings. The van der Waals surface area contributed by atoms with Gasteiger partial charge in [-0.1, -0.05) is 42.5 Å². The summed E-state index contributed by atoms with van der Waals surface area (Å²) in [5.74, 6) is 0.209. The van der Waals surface area contributed by atoms with E-state index in [0.717, 1.165) is 49.1 Å². The van der Waals surface area contributed by atoms with Gasteiger partial charge in [0.15, 0.2) is 0 Å². The molecule has 0 aromatic heterocycles. The van der Waals surface area contributed by atoms with Gasteiger partial charge in [0.05, 0.1) is 37.4 Å². The molecular formula is C21H22FN2O+. The SMILES string of the molecule is Oc1ccc2ccccc2c1C[NH+]1CCN(c2ccccc2F)CC1. The van der Waals surface area contributed by atoms with Crippen LogP contribution in [0.3, 0.4) is 0 Å². The zero-order valence-corrected chi connectivity index (χ0v) is 14.1. The standard InChI is InChI=1S/C21H21FN2O/c22-19-7-3-4-8-20(19)24-13-11-23(12-14-24)15-18-17-6-2-1-5-16(17)9-10-21(18)25/h1-10,25H,11-15H2/p+1. The molecule has 25 heavy (non-hydrogen) atoms. The Labute approximate surface area is 146 Å². The van der Waals surface area contributed by atoms with Crippen molar-refractivity contribution >= 4 is 16.5 Å². The minimum absolute atomic E-state index is 0.155. The highest BCUT2D eigenvalue weighted by Gasteiger charge is 2.23. The van der Waals surface area contributed by atoms with Gasteiger partial charge in [-0.25, -0.2) is 4.39 Å². The number of para-hydroxylation sites is 1. The van der Waals surface area contributed by atoms with Crippen molar-refractivity contribution in [2.75, 3.05) is 31.1 Å². The fourth-order valence-electron chi connectivity index (χ4n) is 3.71. The van der Waals surface area contributed by atoms with Crippen molar-refractivity contribution in [2.45, 2.75) is 6.54 Å². The lowest BCUT2D eigenvalue weighted by molar-refractivity contribution is -0.914. The van der Waals surface area contributed by atoms with Gasteiger partial charge >= 0.3 is 0 Å². The van der Waals surface area contributed by atoms with Gasteiger partial charge in [-0.05, 0) is 29.0 Å². The van der Waals surface area contributed by atoms with Crippen molar-refractivity contribution < 1.29 is 14.4 Å². The molecule has 3 nitrogen and oxygen atoms in total. The fraction of sp³-hybridized carbons (Fsp3) is 0.238. The van der Waals surface area contributed by atoms with Crippen molar-refractivity contribution in [3.05, 3.63) is 72.0 Å². The van der Waals surface area contributed by atoms with Crippen LogP contribution in [-0.4, -0.2) is 31.3 Å². The highest BCUT2D eigenvalue weighted by Crippen LogP contribution is 2.26. The van der Waals surface area contributed by atoms with Gasteiger partial charge in [0.25, 0.3) is 0 Å². The van der Waals surface area contributed by atoms with E-state index in [0.29, 0.717) is 11.4 Å². The molecule has 0 aliphatic carbocycles. The number of nitrogens with one attached hydrogen (secondary N) is 1. The maximum atomic E-state index is 14.0. The lowest BCUT2D eigenvalue weighted by Crippen LogP contribution is -3.13. The maximum Gasteiger partial charge on any atom is 0.146 e. The third kappa shape index (κ3) is 3.17. The molecule has 4 heteroatoms. The Morgan fingerprint density at radius 1 is 0.920 bits per heavy atom. The topological polar surface area (TPSA) is 27.9 Å². The molecule has 0 saturated carbocycles. The van der Waals surface area contributed by atoms with Gasteiger partial charge in [0, 0.05) is 0 Å². The fourth-order valence-corrected chi connectivity index (χ4v) is 3.71. The number of halogens is 1. The van der Waals surface area contributed by atoms with Crippen LogP contribution in [0.5, 0.6) is 5.75 Å². The van der Waals surface area contributed by atoms with E-state index >= 15 is 0 Å². The molecular weight excluding hydrogens is 315 g/mol. The minimum atomic E-state index is -0.155. The first-order valence-electron chi connectivity index (χ1n) is 8.75. The Kier molecular flexibility index (Phi) is 4.28. The highest BCUT2D eigenvalue weighted by molar-refractivity contribution is 5.87. The molecule has 0 radical (unpaired) electrons. The Balaban J connectivity index is 1.49. The summed E-state index contributed by atoms with van der Waals surface area (Å²) in [6.45, 7) is 4.29. The lowest BCUT2D eigenvalue weighted by atomic mass is 10.0. The molecule has 1 aliphatic heterocycles. The van der Waals surface area contributed by atoms with Gasteiger partial charge in [-0.15, -0.1) is 0 Å². The van der Waals surface area contributed by atoms with Crippen molar-refractivity contribution in [3.8, 4) is 5.75 Å². The van der Waals surface area contributed by atoms with Crippen LogP contribution in [0.4, 0.5) is 10.1 Å². The first kappa shape index (κ1) is 15.9. The number of hydrogen-bond donors (Lipinski definition) is 2. The van der Waals surface area contributed by atoms with E-state index in [1.165, 1.54) is 11.0 Å². The van der Waals surface area contributed by atoms with E-state index in [9.17, 15) is 9.50 Å². The summed E-state index contributed by atoms with van der Waals surface area (Å²) >= 11 is 0. The summed E-state index contributed by atoms with van der Waals surface area (Å²) in [6.07, 6.45) is 0. The van der Waals surface area contributed by atoms with Crippen LogP contribution < -0.4 is 9.80 Å². The number of piperazine rings is 1. The quantitative estimate of drug-likeness (QED) is 0.769. The number of hydrogen-bond acceptors (Lipinski definition) is 2. The summed E-state index contributed by atoms with van der Waals surface area (Å²) in [4.78, 5) is 3.53. The van der Waals surface area contributed by atoms with E-state index in [1.807, 2.05) is 30.3 Å². The summed E-state index contributed by atoms with van der Waals surface area (Å²) in [5.41, 5.74) is 1.70. The van der Waals surface area contributed by atoms with Crippen LogP contribution in [0, 0.1) is 5.82 Å². The molecule has 0 atom stereocenters. The number of phenols is 1. The van der Waals surface area contributed by atoms with Gasteiger partial charge < -0.3 is 14.9 Å². The minimum Gasteiger partial charge on any atom is -0.507 e. The second-order valence-corrected chi connectivity index (χ2v) is 6.65. The molecule has 128 valence electrons. The number of anilines is 1. The van der Waals surface area contributed by atoms with E-state index in [4.69, 9.17) is 0 Å². The first-order chi connectivity index (χ1) is 12.2. The summed E-state index contributed by atoms with van der Waals surface area (Å²) < 4.78 is 14.0. The molecule has 1 heterocycles. The molecule has 4 rings (SSSR count). The van der Waals surface area contributed by atoms with E-state index in [-0.39, 0.29) is 5.82 Å². The Morgan fingerprint density at radius 3 is 2.44 bits per heavy atom. The predicted molar refractivity (Wildman–Crippen MR) is 98.6 cm³/mol. The molecule has 3 aromatic rings. The third-order valence-electron chi connectivity index (χ3n) is 5.11. The number of aromatic hydroxyl groups is 1. The Bertz CT molecular complexity index is 888. The predicted octanol–water partition coefficient (Wildman–Crippen LogP) is 2.59. The van der Waals surface area contributed by atoms with Crippen LogP contribution >= 0.6 is 0 Å². The largest absolute Gasteiger partial charge is 0.507 e. The number of rotatable bonds is 3. The van der Waals surface area contributed by atoms with Gasteiger partial charge in [-0.2, -0.15) is 0 Å². The molecule has 0 spiro atoms. The van der Waals surface area contributed by atoms with Gasteiger partial charge in [-0.3, -0.25) is 0 Å². The van der Waals surface area contributed by atoms with Crippen molar-refractivity contribution in [1.82, 2.24) is 0 Å².